The lowest BCUT2D eigenvalue weighted by atomic mass is 10.2. The number of likely N-dealkylation sites (tertiary alicyclic amines) is 1. The predicted molar refractivity (Wildman–Crippen MR) is 83.1 cm³/mol. The molecule has 0 bridgehead atoms. The van der Waals surface area contributed by atoms with Gasteiger partial charge in [0.15, 0.2) is 11.0 Å². The summed E-state index contributed by atoms with van der Waals surface area (Å²) in [5.74, 6) is 0.727. The summed E-state index contributed by atoms with van der Waals surface area (Å²) in [6, 6.07) is -0.183. The van der Waals surface area contributed by atoms with Crippen molar-refractivity contribution < 1.29 is 14.1 Å². The van der Waals surface area contributed by atoms with E-state index in [0.717, 1.165) is 12.8 Å². The van der Waals surface area contributed by atoms with Gasteiger partial charge in [0.2, 0.25) is 11.8 Å². The van der Waals surface area contributed by atoms with Gasteiger partial charge in [-0.15, -0.1) is 11.3 Å². The van der Waals surface area contributed by atoms with Crippen LogP contribution in [-0.4, -0.2) is 38.4 Å². The van der Waals surface area contributed by atoms with Crippen LogP contribution in [0, 0.1) is 0 Å². The van der Waals surface area contributed by atoms with Crippen LogP contribution in [-0.2, 0) is 11.2 Å². The Balaban J connectivity index is 1.77. The number of aryl methyl sites for hydroxylation is 1. The van der Waals surface area contributed by atoms with Crippen LogP contribution in [0.25, 0.3) is 0 Å². The topological polar surface area (TPSA) is 101 Å². The quantitative estimate of drug-likeness (QED) is 0.917. The highest BCUT2D eigenvalue weighted by Crippen LogP contribution is 2.32. The highest BCUT2D eigenvalue weighted by atomic mass is 32.1. The number of rotatable bonds is 4. The number of hydrogen-bond donors (Lipinski definition) is 1. The summed E-state index contributed by atoms with van der Waals surface area (Å²) < 4.78 is 5.15. The summed E-state index contributed by atoms with van der Waals surface area (Å²) >= 11 is 1.23. The standard InChI is InChI=1S/C14H17N5O3S/c1-3-11-17-12(18-22-11)10-5-4-6-19(10)13(21)9-7-23-14(16-9)15-8(2)20/h7,10H,3-6H2,1-2H3,(H,15,16,20)/t10-/m0/s1. The van der Waals surface area contributed by atoms with Crippen LogP contribution in [0.5, 0.6) is 0 Å². The Morgan fingerprint density at radius 2 is 2.30 bits per heavy atom. The molecule has 23 heavy (non-hydrogen) atoms. The number of anilines is 1. The van der Waals surface area contributed by atoms with Crippen LogP contribution in [0.15, 0.2) is 9.90 Å². The van der Waals surface area contributed by atoms with Crippen LogP contribution in [0.1, 0.15) is 54.9 Å². The number of amides is 2. The molecule has 0 aliphatic carbocycles. The van der Waals surface area contributed by atoms with E-state index in [9.17, 15) is 9.59 Å². The lowest BCUT2D eigenvalue weighted by Crippen LogP contribution is -2.31. The van der Waals surface area contributed by atoms with Crippen molar-refractivity contribution in [1.82, 2.24) is 20.0 Å². The van der Waals surface area contributed by atoms with Gasteiger partial charge >= 0.3 is 0 Å². The Morgan fingerprint density at radius 1 is 1.48 bits per heavy atom. The monoisotopic (exact) mass is 335 g/mol. The summed E-state index contributed by atoms with van der Waals surface area (Å²) in [4.78, 5) is 34.0. The van der Waals surface area contributed by atoms with Gasteiger partial charge in [0.05, 0.1) is 6.04 Å². The average molecular weight is 335 g/mol. The van der Waals surface area contributed by atoms with Gasteiger partial charge < -0.3 is 14.7 Å². The number of nitrogens with zero attached hydrogens (tertiary/aromatic N) is 4. The van der Waals surface area contributed by atoms with E-state index in [4.69, 9.17) is 4.52 Å². The molecule has 2 amide bonds. The van der Waals surface area contributed by atoms with Crippen molar-refractivity contribution in [2.24, 2.45) is 0 Å². The van der Waals surface area contributed by atoms with Crippen molar-refractivity contribution in [1.29, 1.82) is 0 Å². The minimum atomic E-state index is -0.212. The summed E-state index contributed by atoms with van der Waals surface area (Å²) in [7, 11) is 0. The van der Waals surface area contributed by atoms with Gasteiger partial charge in [-0.2, -0.15) is 4.98 Å². The first kappa shape index (κ1) is 15.6. The molecule has 3 heterocycles. The van der Waals surface area contributed by atoms with Crippen molar-refractivity contribution in [3.05, 3.63) is 22.8 Å². The average Bonchev–Trinajstić information content (AvgIpc) is 3.25. The van der Waals surface area contributed by atoms with Crippen LogP contribution >= 0.6 is 11.3 Å². The third-order valence-corrected chi connectivity index (χ3v) is 4.36. The molecule has 2 aromatic heterocycles. The number of carbonyl (C=O) groups excluding carboxylic acids is 2. The van der Waals surface area contributed by atoms with Gasteiger partial charge in [-0.1, -0.05) is 12.1 Å². The van der Waals surface area contributed by atoms with Gasteiger partial charge in [0.25, 0.3) is 5.91 Å². The SMILES string of the molecule is CCc1nc([C@@H]2CCCN2C(=O)c2csc(NC(C)=O)n2)no1. The molecule has 1 aliphatic rings. The number of hydrogen-bond acceptors (Lipinski definition) is 7. The van der Waals surface area contributed by atoms with Gasteiger partial charge in [0.1, 0.15) is 5.69 Å². The molecule has 0 aromatic carbocycles. The number of carbonyl (C=O) groups is 2. The Bertz CT molecular complexity index is 726. The fourth-order valence-electron chi connectivity index (χ4n) is 2.55. The van der Waals surface area contributed by atoms with Gasteiger partial charge in [0, 0.05) is 25.3 Å². The first-order valence-corrected chi connectivity index (χ1v) is 8.33. The number of aromatic nitrogens is 3. The van der Waals surface area contributed by atoms with Crippen molar-refractivity contribution in [3.8, 4) is 0 Å². The van der Waals surface area contributed by atoms with Crippen LogP contribution < -0.4 is 5.32 Å². The molecule has 0 saturated carbocycles. The van der Waals surface area contributed by atoms with E-state index >= 15 is 0 Å². The molecule has 1 atom stereocenters. The van der Waals surface area contributed by atoms with Crippen molar-refractivity contribution in [3.63, 3.8) is 0 Å². The molecule has 1 N–H and O–H groups in total. The normalized spacial score (nSPS) is 17.5. The Hall–Kier alpha value is -2.29. The highest BCUT2D eigenvalue weighted by Gasteiger charge is 2.34. The fourth-order valence-corrected chi connectivity index (χ4v) is 3.28. The van der Waals surface area contributed by atoms with Crippen molar-refractivity contribution in [2.45, 2.75) is 39.2 Å². The Morgan fingerprint density at radius 3 is 3.00 bits per heavy atom. The van der Waals surface area contributed by atoms with Gasteiger partial charge in [-0.25, -0.2) is 4.98 Å². The lowest BCUT2D eigenvalue weighted by molar-refractivity contribution is -0.114. The van der Waals surface area contributed by atoms with Crippen molar-refractivity contribution >= 4 is 28.3 Å². The van der Waals surface area contributed by atoms with E-state index in [0.29, 0.717) is 35.5 Å². The van der Waals surface area contributed by atoms with E-state index < -0.39 is 0 Å². The first-order valence-electron chi connectivity index (χ1n) is 7.45. The minimum absolute atomic E-state index is 0.178. The maximum Gasteiger partial charge on any atom is 0.274 e. The van der Waals surface area contributed by atoms with E-state index in [1.165, 1.54) is 18.3 Å². The summed E-state index contributed by atoms with van der Waals surface area (Å²) in [6.07, 6.45) is 2.35. The zero-order chi connectivity index (χ0) is 16.4. The van der Waals surface area contributed by atoms with Crippen LogP contribution in [0.2, 0.25) is 0 Å². The second-order valence-corrected chi connectivity index (χ2v) is 6.13. The van der Waals surface area contributed by atoms with E-state index in [1.54, 1.807) is 10.3 Å². The second-order valence-electron chi connectivity index (χ2n) is 5.28. The minimum Gasteiger partial charge on any atom is -0.339 e. The molecular formula is C14H17N5O3S. The zero-order valence-electron chi connectivity index (χ0n) is 12.9. The predicted octanol–water partition coefficient (Wildman–Crippen LogP) is 2.02. The molecule has 122 valence electrons. The van der Waals surface area contributed by atoms with Gasteiger partial charge in [-0.3, -0.25) is 9.59 Å². The number of nitrogens with one attached hydrogen (secondary N) is 1. The molecule has 1 fully saturated rings. The number of thiazole rings is 1. The molecule has 8 nitrogen and oxygen atoms in total. The van der Waals surface area contributed by atoms with E-state index in [2.05, 4.69) is 20.4 Å². The van der Waals surface area contributed by atoms with Crippen LogP contribution in [0.4, 0.5) is 5.13 Å². The smallest absolute Gasteiger partial charge is 0.274 e. The maximum atomic E-state index is 12.7. The molecule has 2 aromatic rings. The fraction of sp³-hybridized carbons (Fsp3) is 0.500. The molecule has 1 aliphatic heterocycles. The molecule has 1 saturated heterocycles. The van der Waals surface area contributed by atoms with E-state index in [1.807, 2.05) is 6.92 Å². The molecule has 0 unspecified atom stereocenters. The lowest BCUT2D eigenvalue weighted by Gasteiger charge is -2.21. The van der Waals surface area contributed by atoms with E-state index in [-0.39, 0.29) is 17.9 Å². The van der Waals surface area contributed by atoms with Gasteiger partial charge in [-0.05, 0) is 12.8 Å². The summed E-state index contributed by atoms with van der Waals surface area (Å²) in [5, 5.41) is 8.64. The molecular weight excluding hydrogens is 318 g/mol. The second kappa shape index (κ2) is 6.45. The Kier molecular flexibility index (Phi) is 4.37. The first-order chi connectivity index (χ1) is 11.1. The third kappa shape index (κ3) is 3.24. The molecule has 0 spiro atoms. The third-order valence-electron chi connectivity index (χ3n) is 3.60. The molecule has 0 radical (unpaired) electrons. The summed E-state index contributed by atoms with van der Waals surface area (Å²) in [5.41, 5.74) is 0.324. The molecule has 9 heteroatoms. The van der Waals surface area contributed by atoms with Crippen LogP contribution in [0.3, 0.4) is 0 Å². The largest absolute Gasteiger partial charge is 0.339 e. The molecule has 3 rings (SSSR count). The highest BCUT2D eigenvalue weighted by molar-refractivity contribution is 7.14. The van der Waals surface area contributed by atoms with Crippen molar-refractivity contribution in [2.75, 3.05) is 11.9 Å². The zero-order valence-corrected chi connectivity index (χ0v) is 13.7. The Labute approximate surface area is 136 Å². The summed E-state index contributed by atoms with van der Waals surface area (Å²) in [6.45, 7) is 3.97. The maximum absolute atomic E-state index is 12.7.